The monoisotopic (exact) mass is 238 g/mol. The van der Waals surface area contributed by atoms with E-state index in [1.54, 1.807) is 0 Å². The summed E-state index contributed by atoms with van der Waals surface area (Å²) >= 11 is 1.94. The lowest BCUT2D eigenvalue weighted by Crippen LogP contribution is -2.23. The third-order valence-corrected chi connectivity index (χ3v) is 4.48. The molecule has 1 N–H and O–H groups in total. The van der Waals surface area contributed by atoms with Gasteiger partial charge in [0.2, 0.25) is 0 Å². The highest BCUT2D eigenvalue weighted by atomic mass is 32.1. The molecule has 3 heteroatoms. The van der Waals surface area contributed by atoms with Gasteiger partial charge in [0.25, 0.3) is 0 Å². The first-order chi connectivity index (χ1) is 7.83. The Hall–Kier alpha value is -0.410. The molecule has 1 aliphatic rings. The van der Waals surface area contributed by atoms with Gasteiger partial charge in [0.15, 0.2) is 0 Å². The van der Waals surface area contributed by atoms with Crippen LogP contribution in [0, 0.1) is 0 Å². The molecule has 1 atom stereocenters. The zero-order valence-corrected chi connectivity index (χ0v) is 11.2. The average molecular weight is 238 g/mol. The zero-order valence-electron chi connectivity index (χ0n) is 10.4. The van der Waals surface area contributed by atoms with Gasteiger partial charge in [-0.15, -0.1) is 11.3 Å². The van der Waals surface area contributed by atoms with E-state index in [4.69, 9.17) is 4.98 Å². The number of hydrogen-bond acceptors (Lipinski definition) is 3. The summed E-state index contributed by atoms with van der Waals surface area (Å²) in [5.41, 5.74) is 1.36. The summed E-state index contributed by atoms with van der Waals surface area (Å²) in [6.07, 6.45) is 7.30. The van der Waals surface area contributed by atoms with Crippen molar-refractivity contribution in [1.29, 1.82) is 0 Å². The maximum atomic E-state index is 4.81. The van der Waals surface area contributed by atoms with Crippen molar-refractivity contribution in [3.63, 3.8) is 0 Å². The number of nitrogens with one attached hydrogen (secondary N) is 1. The van der Waals surface area contributed by atoms with Gasteiger partial charge in [-0.2, -0.15) is 0 Å². The second-order valence-electron chi connectivity index (χ2n) is 4.58. The van der Waals surface area contributed by atoms with Crippen molar-refractivity contribution in [2.24, 2.45) is 0 Å². The van der Waals surface area contributed by atoms with Crippen LogP contribution in [0.4, 0.5) is 0 Å². The molecule has 16 heavy (non-hydrogen) atoms. The molecule has 0 bridgehead atoms. The molecule has 2 heterocycles. The Morgan fingerprint density at radius 2 is 2.31 bits per heavy atom. The van der Waals surface area contributed by atoms with E-state index in [0.717, 1.165) is 19.3 Å². The fraction of sp³-hybridized carbons (Fsp3) is 0.769. The van der Waals surface area contributed by atoms with Crippen molar-refractivity contribution >= 4 is 11.3 Å². The van der Waals surface area contributed by atoms with Gasteiger partial charge in [-0.05, 0) is 32.2 Å². The van der Waals surface area contributed by atoms with E-state index in [9.17, 15) is 0 Å². The van der Waals surface area contributed by atoms with Gasteiger partial charge in [-0.1, -0.05) is 20.3 Å². The van der Waals surface area contributed by atoms with Crippen LogP contribution in [0.15, 0.2) is 0 Å². The van der Waals surface area contributed by atoms with E-state index >= 15 is 0 Å². The van der Waals surface area contributed by atoms with Crippen molar-refractivity contribution in [3.05, 3.63) is 15.6 Å². The van der Waals surface area contributed by atoms with E-state index in [1.807, 2.05) is 11.3 Å². The van der Waals surface area contributed by atoms with Gasteiger partial charge in [0, 0.05) is 17.3 Å². The summed E-state index contributed by atoms with van der Waals surface area (Å²) in [6.45, 7) is 5.67. The predicted octanol–water partition coefficient (Wildman–Crippen LogP) is 2.95. The van der Waals surface area contributed by atoms with Crippen LogP contribution in [-0.4, -0.2) is 17.6 Å². The summed E-state index contributed by atoms with van der Waals surface area (Å²) in [6, 6.07) is 0.685. The van der Waals surface area contributed by atoms with Gasteiger partial charge in [0.05, 0.1) is 10.7 Å². The van der Waals surface area contributed by atoms with E-state index < -0.39 is 0 Å². The maximum absolute atomic E-state index is 4.81. The van der Waals surface area contributed by atoms with Crippen LogP contribution >= 0.6 is 11.3 Å². The van der Waals surface area contributed by atoms with Gasteiger partial charge >= 0.3 is 0 Å². The van der Waals surface area contributed by atoms with Crippen LogP contribution < -0.4 is 5.32 Å². The predicted molar refractivity (Wildman–Crippen MR) is 70.2 cm³/mol. The Kier molecular flexibility index (Phi) is 4.36. The fourth-order valence-corrected chi connectivity index (χ4v) is 3.51. The summed E-state index contributed by atoms with van der Waals surface area (Å²) in [5, 5.41) is 4.90. The molecule has 2 nitrogen and oxygen atoms in total. The quantitative estimate of drug-likeness (QED) is 0.853. The van der Waals surface area contributed by atoms with Gasteiger partial charge in [-0.25, -0.2) is 4.98 Å². The highest BCUT2D eigenvalue weighted by Crippen LogP contribution is 2.23. The molecule has 2 rings (SSSR count). The lowest BCUT2D eigenvalue weighted by Gasteiger charge is -2.06. The Morgan fingerprint density at radius 3 is 2.94 bits per heavy atom. The Labute approximate surface area is 102 Å². The first-order valence-electron chi connectivity index (χ1n) is 6.54. The van der Waals surface area contributed by atoms with Crippen molar-refractivity contribution in [3.8, 4) is 0 Å². The number of thiazole rings is 1. The van der Waals surface area contributed by atoms with Crippen molar-refractivity contribution in [2.75, 3.05) is 6.54 Å². The van der Waals surface area contributed by atoms with Crippen LogP contribution in [0.25, 0.3) is 0 Å². The highest BCUT2D eigenvalue weighted by Gasteiger charge is 2.17. The fourth-order valence-electron chi connectivity index (χ4n) is 2.37. The molecule has 0 amide bonds. The van der Waals surface area contributed by atoms with Gasteiger partial charge in [-0.3, -0.25) is 0 Å². The summed E-state index contributed by atoms with van der Waals surface area (Å²) < 4.78 is 0. The SMILES string of the molecule is CCCc1nc(CC2CCCN2)sc1CC. The summed E-state index contributed by atoms with van der Waals surface area (Å²) in [5.74, 6) is 0. The second kappa shape index (κ2) is 5.78. The first kappa shape index (κ1) is 12.1. The molecule has 0 aliphatic carbocycles. The molecular formula is C13H22N2S. The standard InChI is InChI=1S/C13H22N2S/c1-3-6-11-12(4-2)16-13(15-11)9-10-7-5-8-14-10/h10,14H,3-9H2,1-2H3. The average Bonchev–Trinajstić information content (AvgIpc) is 2.89. The molecule has 1 aromatic heterocycles. The second-order valence-corrected chi connectivity index (χ2v) is 5.75. The number of hydrogen-bond donors (Lipinski definition) is 1. The molecule has 1 fully saturated rings. The van der Waals surface area contributed by atoms with Gasteiger partial charge in [0.1, 0.15) is 0 Å². The third kappa shape index (κ3) is 2.83. The molecule has 1 aromatic rings. The lowest BCUT2D eigenvalue weighted by molar-refractivity contribution is 0.600. The minimum atomic E-state index is 0.685. The summed E-state index contributed by atoms with van der Waals surface area (Å²) in [4.78, 5) is 6.32. The normalized spacial score (nSPS) is 20.5. The van der Waals surface area contributed by atoms with E-state index in [-0.39, 0.29) is 0 Å². The molecular weight excluding hydrogens is 216 g/mol. The third-order valence-electron chi connectivity index (χ3n) is 3.21. The molecule has 0 radical (unpaired) electrons. The van der Waals surface area contributed by atoms with Crippen molar-refractivity contribution in [1.82, 2.24) is 10.3 Å². The minimum Gasteiger partial charge on any atom is -0.314 e. The molecule has 0 saturated carbocycles. The van der Waals surface area contributed by atoms with E-state index in [2.05, 4.69) is 19.2 Å². The van der Waals surface area contributed by atoms with E-state index in [0.29, 0.717) is 6.04 Å². The number of nitrogens with zero attached hydrogens (tertiary/aromatic N) is 1. The van der Waals surface area contributed by atoms with Crippen LogP contribution in [0.3, 0.4) is 0 Å². The maximum Gasteiger partial charge on any atom is 0.0946 e. The van der Waals surface area contributed by atoms with Crippen LogP contribution in [0.2, 0.25) is 0 Å². The molecule has 0 aromatic carbocycles. The molecule has 1 unspecified atom stereocenters. The van der Waals surface area contributed by atoms with Crippen LogP contribution in [0.1, 0.15) is 48.7 Å². The number of aromatic nitrogens is 1. The molecule has 90 valence electrons. The van der Waals surface area contributed by atoms with Gasteiger partial charge < -0.3 is 5.32 Å². The molecule has 1 aliphatic heterocycles. The van der Waals surface area contributed by atoms with Crippen LogP contribution in [0.5, 0.6) is 0 Å². The minimum absolute atomic E-state index is 0.685. The smallest absolute Gasteiger partial charge is 0.0946 e. The Morgan fingerprint density at radius 1 is 1.44 bits per heavy atom. The van der Waals surface area contributed by atoms with Crippen molar-refractivity contribution < 1.29 is 0 Å². The van der Waals surface area contributed by atoms with Crippen molar-refractivity contribution in [2.45, 2.75) is 58.4 Å². The first-order valence-corrected chi connectivity index (χ1v) is 7.36. The van der Waals surface area contributed by atoms with Crippen LogP contribution in [-0.2, 0) is 19.3 Å². The Balaban J connectivity index is 2.02. The molecule has 1 saturated heterocycles. The lowest BCUT2D eigenvalue weighted by atomic mass is 10.1. The topological polar surface area (TPSA) is 24.9 Å². The van der Waals surface area contributed by atoms with E-state index in [1.165, 1.54) is 41.4 Å². The number of rotatable bonds is 5. The molecule has 0 spiro atoms. The Bertz CT molecular complexity index is 327. The largest absolute Gasteiger partial charge is 0.314 e. The summed E-state index contributed by atoms with van der Waals surface area (Å²) in [7, 11) is 0. The highest BCUT2D eigenvalue weighted by molar-refractivity contribution is 7.11. The number of aryl methyl sites for hydroxylation is 2. The zero-order chi connectivity index (χ0) is 11.4.